The molecule has 0 saturated carbocycles. The van der Waals surface area contributed by atoms with Crippen LogP contribution >= 0.6 is 27.5 Å². The summed E-state index contributed by atoms with van der Waals surface area (Å²) in [4.78, 5) is 2.47. The molecule has 20 heavy (non-hydrogen) atoms. The van der Waals surface area contributed by atoms with Gasteiger partial charge in [-0.25, -0.2) is 8.42 Å². The molecule has 7 heteroatoms. The number of nitrogens with zero attached hydrogens (tertiary/aromatic N) is 2. The highest BCUT2D eigenvalue weighted by Gasteiger charge is 2.29. The van der Waals surface area contributed by atoms with Gasteiger partial charge in [0, 0.05) is 30.7 Å². The van der Waals surface area contributed by atoms with E-state index in [0.717, 1.165) is 30.5 Å². The van der Waals surface area contributed by atoms with E-state index in [0.29, 0.717) is 13.1 Å². The Morgan fingerprint density at radius 3 is 2.45 bits per heavy atom. The highest BCUT2D eigenvalue weighted by molar-refractivity contribution is 9.10. The first-order chi connectivity index (χ1) is 9.45. The lowest BCUT2D eigenvalue weighted by Crippen LogP contribution is -2.48. The van der Waals surface area contributed by atoms with E-state index in [1.54, 1.807) is 18.2 Å². The molecule has 112 valence electrons. The Balaban J connectivity index is 2.15. The summed E-state index contributed by atoms with van der Waals surface area (Å²) < 4.78 is 27.5. The predicted molar refractivity (Wildman–Crippen MR) is 84.6 cm³/mol. The van der Waals surface area contributed by atoms with Gasteiger partial charge in [0.05, 0.1) is 5.02 Å². The summed E-state index contributed by atoms with van der Waals surface area (Å²) in [5, 5.41) is 0.260. The molecule has 0 aliphatic carbocycles. The van der Waals surface area contributed by atoms with E-state index in [1.807, 2.05) is 0 Å². The topological polar surface area (TPSA) is 40.6 Å². The van der Waals surface area contributed by atoms with Crippen LogP contribution in [0.2, 0.25) is 5.02 Å². The first kappa shape index (κ1) is 16.2. The number of rotatable bonds is 4. The molecule has 1 aromatic carbocycles. The molecule has 1 aromatic rings. The van der Waals surface area contributed by atoms with Crippen LogP contribution in [0.5, 0.6) is 0 Å². The molecule has 0 radical (unpaired) electrons. The molecule has 0 spiro atoms. The van der Waals surface area contributed by atoms with Crippen molar-refractivity contribution in [2.45, 2.75) is 18.2 Å². The third-order valence-corrected chi connectivity index (χ3v) is 6.26. The zero-order valence-corrected chi connectivity index (χ0v) is 14.5. The summed E-state index contributed by atoms with van der Waals surface area (Å²) in [7, 11) is -3.49. The summed E-state index contributed by atoms with van der Waals surface area (Å²) in [6.07, 6.45) is 1.09. The molecule has 1 fully saturated rings. The number of piperazine rings is 1. The van der Waals surface area contributed by atoms with Gasteiger partial charge in [-0.3, -0.25) is 0 Å². The molecule has 4 nitrogen and oxygen atoms in total. The van der Waals surface area contributed by atoms with Gasteiger partial charge in [0.2, 0.25) is 10.0 Å². The van der Waals surface area contributed by atoms with E-state index in [4.69, 9.17) is 11.6 Å². The monoisotopic (exact) mass is 380 g/mol. The maximum atomic E-state index is 12.6. The number of hydrogen-bond acceptors (Lipinski definition) is 3. The predicted octanol–water partition coefficient (Wildman–Crippen LogP) is 2.82. The van der Waals surface area contributed by atoms with Gasteiger partial charge in [-0.15, -0.1) is 0 Å². The van der Waals surface area contributed by atoms with Gasteiger partial charge in [-0.1, -0.05) is 34.5 Å². The standard InChI is InChI=1S/C13H18BrClN2O2S/c1-2-5-16-6-8-17(9-7-16)20(18,19)13-4-3-11(14)10-12(13)15/h3-4,10H,2,5-9H2,1H3. The van der Waals surface area contributed by atoms with Crippen molar-refractivity contribution in [2.75, 3.05) is 32.7 Å². The molecule has 0 unspecified atom stereocenters. The first-order valence-corrected chi connectivity index (χ1v) is 9.24. The van der Waals surface area contributed by atoms with Crippen LogP contribution in [0.4, 0.5) is 0 Å². The van der Waals surface area contributed by atoms with Gasteiger partial charge in [-0.2, -0.15) is 4.31 Å². The van der Waals surface area contributed by atoms with E-state index >= 15 is 0 Å². The highest BCUT2D eigenvalue weighted by Crippen LogP contribution is 2.28. The summed E-state index contributed by atoms with van der Waals surface area (Å²) in [5.74, 6) is 0. The van der Waals surface area contributed by atoms with Gasteiger partial charge < -0.3 is 4.90 Å². The van der Waals surface area contributed by atoms with Crippen molar-refractivity contribution in [3.05, 3.63) is 27.7 Å². The smallest absolute Gasteiger partial charge is 0.244 e. The van der Waals surface area contributed by atoms with Gasteiger partial charge in [0.15, 0.2) is 0 Å². The Labute approximate surface area is 133 Å². The third-order valence-electron chi connectivity index (χ3n) is 3.38. The van der Waals surface area contributed by atoms with Crippen molar-refractivity contribution in [1.29, 1.82) is 0 Å². The van der Waals surface area contributed by atoms with Crippen LogP contribution in [0.3, 0.4) is 0 Å². The zero-order chi connectivity index (χ0) is 14.8. The molecular formula is C13H18BrClN2O2S. The summed E-state index contributed by atoms with van der Waals surface area (Å²) in [5.41, 5.74) is 0. The molecule has 1 heterocycles. The molecule has 2 rings (SSSR count). The number of hydrogen-bond donors (Lipinski definition) is 0. The maximum Gasteiger partial charge on any atom is 0.244 e. The second-order valence-electron chi connectivity index (χ2n) is 4.82. The molecule has 0 bridgehead atoms. The number of benzene rings is 1. The van der Waals surface area contributed by atoms with Crippen LogP contribution < -0.4 is 0 Å². The van der Waals surface area contributed by atoms with Gasteiger partial charge in [0.1, 0.15) is 4.90 Å². The highest BCUT2D eigenvalue weighted by atomic mass is 79.9. The van der Waals surface area contributed by atoms with Crippen LogP contribution in [0, 0.1) is 0 Å². The third kappa shape index (κ3) is 3.54. The Morgan fingerprint density at radius 1 is 1.25 bits per heavy atom. The zero-order valence-electron chi connectivity index (χ0n) is 11.3. The largest absolute Gasteiger partial charge is 0.301 e. The van der Waals surface area contributed by atoms with Crippen molar-refractivity contribution >= 4 is 37.6 Å². The normalized spacial score (nSPS) is 18.4. The number of sulfonamides is 1. The minimum absolute atomic E-state index is 0.186. The molecule has 0 N–H and O–H groups in total. The van der Waals surface area contributed by atoms with E-state index in [9.17, 15) is 8.42 Å². The Bertz CT molecular complexity index is 572. The van der Waals surface area contributed by atoms with Gasteiger partial charge >= 0.3 is 0 Å². The molecule has 0 aromatic heterocycles. The van der Waals surface area contributed by atoms with Gasteiger partial charge in [-0.05, 0) is 31.2 Å². The summed E-state index contributed by atoms with van der Waals surface area (Å²) in [6.45, 7) is 5.75. The molecule has 1 aliphatic heterocycles. The minimum Gasteiger partial charge on any atom is -0.301 e. The van der Waals surface area contributed by atoms with Gasteiger partial charge in [0.25, 0.3) is 0 Å². The van der Waals surface area contributed by atoms with Crippen LogP contribution in [0.15, 0.2) is 27.6 Å². The molecule has 1 aliphatic rings. The van der Waals surface area contributed by atoms with Crippen LogP contribution in [-0.4, -0.2) is 50.3 Å². The lowest BCUT2D eigenvalue weighted by molar-refractivity contribution is 0.188. The molecule has 0 amide bonds. The van der Waals surface area contributed by atoms with Crippen LogP contribution in [0.25, 0.3) is 0 Å². The van der Waals surface area contributed by atoms with E-state index < -0.39 is 10.0 Å². The lowest BCUT2D eigenvalue weighted by Gasteiger charge is -2.33. The summed E-state index contributed by atoms with van der Waals surface area (Å²) in [6, 6.07) is 4.87. The van der Waals surface area contributed by atoms with E-state index in [-0.39, 0.29) is 9.92 Å². The fourth-order valence-corrected chi connectivity index (χ4v) is 4.77. The van der Waals surface area contributed by atoms with Crippen molar-refractivity contribution < 1.29 is 8.42 Å². The molecule has 1 saturated heterocycles. The van der Waals surface area contributed by atoms with Crippen molar-refractivity contribution in [2.24, 2.45) is 0 Å². The SMILES string of the molecule is CCCN1CCN(S(=O)(=O)c2ccc(Br)cc2Cl)CC1. The Hall–Kier alpha value is -0.140. The average molecular weight is 382 g/mol. The van der Waals surface area contributed by atoms with E-state index in [1.165, 1.54) is 4.31 Å². The van der Waals surface area contributed by atoms with Crippen LogP contribution in [-0.2, 0) is 10.0 Å². The van der Waals surface area contributed by atoms with Crippen molar-refractivity contribution in [1.82, 2.24) is 9.21 Å². The second kappa shape index (κ2) is 6.75. The average Bonchev–Trinajstić information content (AvgIpc) is 2.39. The van der Waals surface area contributed by atoms with Crippen LogP contribution in [0.1, 0.15) is 13.3 Å². The maximum absolute atomic E-state index is 12.6. The first-order valence-electron chi connectivity index (χ1n) is 6.62. The quantitative estimate of drug-likeness (QED) is 0.805. The number of halogens is 2. The fourth-order valence-electron chi connectivity index (χ4n) is 2.33. The van der Waals surface area contributed by atoms with Crippen molar-refractivity contribution in [3.8, 4) is 0 Å². The summed E-state index contributed by atoms with van der Waals surface area (Å²) >= 11 is 9.35. The van der Waals surface area contributed by atoms with Crippen molar-refractivity contribution in [3.63, 3.8) is 0 Å². The minimum atomic E-state index is -3.49. The fraction of sp³-hybridized carbons (Fsp3) is 0.538. The Morgan fingerprint density at radius 2 is 1.90 bits per heavy atom. The molecule has 0 atom stereocenters. The lowest BCUT2D eigenvalue weighted by atomic mass is 10.3. The van der Waals surface area contributed by atoms with E-state index in [2.05, 4.69) is 27.8 Å². The Kier molecular flexibility index (Phi) is 5.48. The molecular weight excluding hydrogens is 364 g/mol. The second-order valence-corrected chi connectivity index (χ2v) is 8.05.